The van der Waals surface area contributed by atoms with Gasteiger partial charge in [-0.25, -0.2) is 4.79 Å². The molecule has 4 rings (SSSR count). The first-order chi connectivity index (χ1) is 27.3. The van der Waals surface area contributed by atoms with E-state index in [0.29, 0.717) is 52.0 Å². The van der Waals surface area contributed by atoms with Gasteiger partial charge in [-0.05, 0) is 75.2 Å². The zero-order chi connectivity index (χ0) is 44.0. The summed E-state index contributed by atoms with van der Waals surface area (Å²) in [6.07, 6.45) is 0.500. The summed E-state index contributed by atoms with van der Waals surface area (Å²) in [6.45, 7) is 28.2. The first-order valence-corrected chi connectivity index (χ1v) is 24.4. The molecule has 2 N–H and O–H groups in total. The van der Waals surface area contributed by atoms with Gasteiger partial charge >= 0.3 is 6.09 Å². The van der Waals surface area contributed by atoms with Crippen LogP contribution in [0.5, 0.6) is 0 Å². The molecule has 0 aliphatic carbocycles. The van der Waals surface area contributed by atoms with Crippen molar-refractivity contribution in [2.75, 3.05) is 26.3 Å². The Labute approximate surface area is 355 Å². The Morgan fingerprint density at radius 3 is 1.88 bits per heavy atom. The number of nitrogens with one attached hydrogen (secondary N) is 2. The van der Waals surface area contributed by atoms with Crippen molar-refractivity contribution in [3.05, 3.63) is 71.3 Å². The van der Waals surface area contributed by atoms with Crippen LogP contribution in [0.3, 0.4) is 0 Å². The molecule has 2 aromatic carbocycles. The van der Waals surface area contributed by atoms with Crippen LogP contribution in [0.25, 0.3) is 0 Å². The fourth-order valence-corrected chi connectivity index (χ4v) is 8.93. The lowest BCUT2D eigenvalue weighted by molar-refractivity contribution is -0.232. The van der Waals surface area contributed by atoms with E-state index < -0.39 is 49.9 Å². The Morgan fingerprint density at radius 2 is 1.37 bits per heavy atom. The minimum absolute atomic E-state index is 0.141. The second-order valence-electron chi connectivity index (χ2n) is 20.4. The van der Waals surface area contributed by atoms with Crippen LogP contribution in [0.4, 0.5) is 4.79 Å². The van der Waals surface area contributed by atoms with E-state index in [1.807, 2.05) is 89.2 Å². The minimum Gasteiger partial charge on any atom is -0.444 e. The number of ketones is 1. The lowest BCUT2D eigenvalue weighted by atomic mass is 9.80. The highest BCUT2D eigenvalue weighted by Gasteiger charge is 2.49. The van der Waals surface area contributed by atoms with Crippen LogP contribution in [-0.4, -0.2) is 87.0 Å². The first kappa shape index (κ1) is 48.1. The van der Waals surface area contributed by atoms with E-state index in [1.165, 1.54) is 0 Å². The predicted molar refractivity (Wildman–Crippen MR) is 234 cm³/mol. The van der Waals surface area contributed by atoms with Gasteiger partial charge in [-0.3, -0.25) is 14.4 Å². The second-order valence-corrected chi connectivity index (χ2v) is 25.1. The fourth-order valence-electron chi connectivity index (χ4n) is 7.56. The van der Waals surface area contributed by atoms with Crippen LogP contribution >= 0.6 is 0 Å². The van der Waals surface area contributed by atoms with E-state index in [0.717, 1.165) is 16.7 Å². The van der Waals surface area contributed by atoms with Crippen molar-refractivity contribution in [3.63, 3.8) is 0 Å². The van der Waals surface area contributed by atoms with Crippen molar-refractivity contribution in [2.45, 2.75) is 156 Å². The van der Waals surface area contributed by atoms with Gasteiger partial charge < -0.3 is 34.2 Å². The van der Waals surface area contributed by atoms with Gasteiger partial charge in [0.2, 0.25) is 11.8 Å². The molecule has 2 aromatic rings. The summed E-state index contributed by atoms with van der Waals surface area (Å²) >= 11 is 0. The highest BCUT2D eigenvalue weighted by molar-refractivity contribution is 6.74. The average Bonchev–Trinajstić information content (AvgIpc) is 3.64. The molecule has 2 aliphatic heterocycles. The zero-order valence-corrected chi connectivity index (χ0v) is 39.2. The number of carbonyl (C=O) groups excluding carboxylic acids is 4. The molecule has 0 saturated carbocycles. The van der Waals surface area contributed by atoms with E-state index >= 15 is 0 Å². The third-order valence-corrected chi connectivity index (χ3v) is 16.5. The summed E-state index contributed by atoms with van der Waals surface area (Å²) in [6, 6.07) is 16.7. The zero-order valence-electron chi connectivity index (χ0n) is 38.2. The lowest BCUT2D eigenvalue weighted by Crippen LogP contribution is -2.56. The third-order valence-electron chi connectivity index (χ3n) is 11.9. The Balaban J connectivity index is 1.79. The molecule has 0 bridgehead atoms. The number of hydrogen-bond acceptors (Lipinski definition) is 8. The molecule has 3 amide bonds. The van der Waals surface area contributed by atoms with Crippen LogP contribution in [-0.2, 0) is 51.6 Å². The average molecular weight is 836 g/mol. The van der Waals surface area contributed by atoms with E-state index in [2.05, 4.69) is 65.3 Å². The number of nitrogens with zero attached hydrogens (tertiary/aromatic N) is 1. The Hall–Kier alpha value is -3.58. The summed E-state index contributed by atoms with van der Waals surface area (Å²) in [4.78, 5) is 56.3. The number of benzene rings is 2. The molecule has 59 heavy (non-hydrogen) atoms. The van der Waals surface area contributed by atoms with Crippen LogP contribution in [0.1, 0.15) is 112 Å². The van der Waals surface area contributed by atoms with Crippen molar-refractivity contribution in [3.8, 4) is 0 Å². The van der Waals surface area contributed by atoms with Gasteiger partial charge in [-0.1, -0.05) is 110 Å². The largest absolute Gasteiger partial charge is 0.444 e. The maximum Gasteiger partial charge on any atom is 0.407 e. The minimum atomic E-state index is -2.52. The molecule has 2 heterocycles. The van der Waals surface area contributed by atoms with Gasteiger partial charge in [0, 0.05) is 42.8 Å². The smallest absolute Gasteiger partial charge is 0.407 e. The molecule has 0 unspecified atom stereocenters. The van der Waals surface area contributed by atoms with Crippen LogP contribution < -0.4 is 10.6 Å². The highest BCUT2D eigenvalue weighted by Crippen LogP contribution is 2.46. The number of ether oxygens (including phenoxy) is 3. The Bertz CT molecular complexity index is 1710. The van der Waals surface area contributed by atoms with E-state index in [-0.39, 0.29) is 40.4 Å². The van der Waals surface area contributed by atoms with Gasteiger partial charge in [-0.15, -0.1) is 0 Å². The van der Waals surface area contributed by atoms with Crippen molar-refractivity contribution < 1.29 is 37.8 Å². The third kappa shape index (κ3) is 13.0. The number of rotatable bonds is 15. The van der Waals surface area contributed by atoms with Gasteiger partial charge in [0.1, 0.15) is 17.4 Å². The van der Waals surface area contributed by atoms with E-state index in [9.17, 15) is 19.2 Å². The first-order valence-electron chi connectivity index (χ1n) is 21.5. The molecule has 11 nitrogen and oxygen atoms in total. The second kappa shape index (κ2) is 19.4. The molecule has 4 atom stereocenters. The van der Waals surface area contributed by atoms with Crippen LogP contribution in [0.15, 0.2) is 54.6 Å². The Morgan fingerprint density at radius 1 is 0.814 bits per heavy atom. The summed E-state index contributed by atoms with van der Waals surface area (Å²) < 4.78 is 25.6. The van der Waals surface area contributed by atoms with E-state index in [4.69, 9.17) is 18.6 Å². The standard InChI is InChI=1S/C47H73N3O8Si/c1-32(2)40(42(53)50-25-23-37(51)24-26-50)49-41(52)35(29-34-19-21-36(22-20-34)47(44(3,4)5)55-27-28-56-47)31-39(58-59(12,13)46(9,10)11)38(30-33-17-15-14-16-18-33)48-43(54)57-45(6,7)8/h14-22,32,35,38-40H,23-31H2,1-13H3,(H,48,54)(H,49,52)/t35-,38+,39+,40+/m1/s1. The molecule has 2 fully saturated rings. The normalized spacial score (nSPS) is 18.5. The van der Waals surface area contributed by atoms with Crippen molar-refractivity contribution in [1.29, 1.82) is 0 Å². The topological polar surface area (TPSA) is 133 Å². The van der Waals surface area contributed by atoms with Crippen molar-refractivity contribution >= 4 is 32.0 Å². The predicted octanol–water partition coefficient (Wildman–Crippen LogP) is 8.34. The molecule has 2 saturated heterocycles. The number of carbonyl (C=O) groups is 4. The quantitative estimate of drug-likeness (QED) is 0.171. The Kier molecular flexibility index (Phi) is 15.8. The monoisotopic (exact) mass is 836 g/mol. The molecule has 0 radical (unpaired) electrons. The molecule has 328 valence electrons. The molecule has 0 aromatic heterocycles. The van der Waals surface area contributed by atoms with Gasteiger partial charge in [0.25, 0.3) is 0 Å². The fraction of sp³-hybridized carbons (Fsp3) is 0.660. The van der Waals surface area contributed by atoms with Crippen LogP contribution in [0, 0.1) is 17.3 Å². The number of amides is 3. The van der Waals surface area contributed by atoms with Crippen molar-refractivity contribution in [2.24, 2.45) is 17.3 Å². The number of piperidine rings is 1. The highest BCUT2D eigenvalue weighted by atomic mass is 28.4. The van der Waals surface area contributed by atoms with E-state index in [1.54, 1.807) is 4.90 Å². The summed E-state index contributed by atoms with van der Waals surface area (Å²) in [5.41, 5.74) is 1.76. The van der Waals surface area contributed by atoms with Gasteiger partial charge in [-0.2, -0.15) is 0 Å². The lowest BCUT2D eigenvalue weighted by Gasteiger charge is -2.42. The number of alkyl carbamates (subject to hydrolysis) is 1. The summed E-state index contributed by atoms with van der Waals surface area (Å²) in [5, 5.41) is 6.17. The number of hydrogen-bond donors (Lipinski definition) is 2. The molecular weight excluding hydrogens is 763 g/mol. The summed E-state index contributed by atoms with van der Waals surface area (Å²) in [7, 11) is -2.52. The number of likely N-dealkylation sites (tertiary alicyclic amines) is 1. The molecule has 0 spiro atoms. The maximum atomic E-state index is 14.9. The van der Waals surface area contributed by atoms with Gasteiger partial charge in [0.05, 0.1) is 25.4 Å². The summed E-state index contributed by atoms with van der Waals surface area (Å²) in [5.74, 6) is -2.09. The molecule has 2 aliphatic rings. The van der Waals surface area contributed by atoms with Gasteiger partial charge in [0.15, 0.2) is 14.1 Å². The SMILES string of the molecule is CC(C)[C@H](NC(=O)[C@H](Cc1ccc(C2(C(C)(C)C)OCCO2)cc1)C[C@H](O[Si](C)(C)C(C)(C)C)[C@H](Cc1ccccc1)NC(=O)OC(C)(C)C)C(=O)N1CCC(=O)CC1. The van der Waals surface area contributed by atoms with Crippen LogP contribution in [0.2, 0.25) is 18.1 Å². The number of Topliss-reactive ketones (excluding diaryl/α,β-unsaturated/α-hetero) is 1. The molecular formula is C47H73N3O8Si. The van der Waals surface area contributed by atoms with Crippen molar-refractivity contribution in [1.82, 2.24) is 15.5 Å². The maximum absolute atomic E-state index is 14.9. The molecule has 12 heteroatoms.